The third-order valence-electron chi connectivity index (χ3n) is 2.30. The molecule has 0 N–H and O–H groups in total. The largest absolute Gasteiger partial charge is 0.261 e. The summed E-state index contributed by atoms with van der Waals surface area (Å²) in [6, 6.07) is 10.0. The predicted octanol–water partition coefficient (Wildman–Crippen LogP) is 5.45. The number of hydrogen-bond donors (Lipinski definition) is 0. The highest BCUT2D eigenvalue weighted by Crippen LogP contribution is 1.98. The lowest BCUT2D eigenvalue weighted by atomic mass is 10.2. The normalized spacial score (nSPS) is 8.00. The molecule has 0 aliphatic rings. The molecule has 2 rings (SSSR count). The second-order valence-corrected chi connectivity index (χ2v) is 3.83. The van der Waals surface area contributed by atoms with Crippen LogP contribution < -0.4 is 0 Å². The minimum absolute atomic E-state index is 1.09. The Morgan fingerprint density at radius 2 is 1.20 bits per heavy atom. The van der Waals surface area contributed by atoms with E-state index in [1.165, 1.54) is 5.56 Å². The maximum atomic E-state index is 4.17. The van der Waals surface area contributed by atoms with E-state index in [-0.39, 0.29) is 0 Å². The van der Waals surface area contributed by atoms with Gasteiger partial charge in [-0.05, 0) is 51.5 Å². The molecule has 0 unspecified atom stereocenters. The van der Waals surface area contributed by atoms with Gasteiger partial charge in [0.05, 0.1) is 0 Å². The van der Waals surface area contributed by atoms with Crippen LogP contribution in [0.15, 0.2) is 36.5 Å². The Morgan fingerprint density at radius 3 is 1.45 bits per heavy atom. The second-order valence-electron chi connectivity index (χ2n) is 3.83. The lowest BCUT2D eigenvalue weighted by Gasteiger charge is -1.92. The number of hydrogen-bond acceptors (Lipinski definition) is 2. The third kappa shape index (κ3) is 10.2. The van der Waals surface area contributed by atoms with Crippen molar-refractivity contribution in [3.05, 3.63) is 59.2 Å². The summed E-state index contributed by atoms with van der Waals surface area (Å²) in [6.45, 7) is 16.1. The zero-order valence-corrected chi connectivity index (χ0v) is 14.4. The molecule has 2 aromatic heterocycles. The van der Waals surface area contributed by atoms with Crippen molar-refractivity contribution >= 4 is 0 Å². The van der Waals surface area contributed by atoms with E-state index in [9.17, 15) is 0 Å². The van der Waals surface area contributed by atoms with Gasteiger partial charge in [-0.3, -0.25) is 9.97 Å². The fourth-order valence-electron chi connectivity index (χ4n) is 1.24. The Kier molecular flexibility index (Phi) is 14.1. The summed E-state index contributed by atoms with van der Waals surface area (Å²) in [5.74, 6) is 0. The van der Waals surface area contributed by atoms with Gasteiger partial charge >= 0.3 is 0 Å². The highest BCUT2D eigenvalue weighted by atomic mass is 14.7. The van der Waals surface area contributed by atoms with Crippen LogP contribution in [0.4, 0.5) is 0 Å². The zero-order chi connectivity index (χ0) is 16.0. The minimum atomic E-state index is 1.09. The van der Waals surface area contributed by atoms with E-state index in [4.69, 9.17) is 0 Å². The summed E-state index contributed by atoms with van der Waals surface area (Å²) < 4.78 is 0. The predicted molar refractivity (Wildman–Crippen MR) is 90.1 cm³/mol. The first-order valence-electron chi connectivity index (χ1n) is 7.38. The maximum absolute atomic E-state index is 4.17. The lowest BCUT2D eigenvalue weighted by Crippen LogP contribution is -1.81. The Morgan fingerprint density at radius 1 is 0.700 bits per heavy atom. The summed E-state index contributed by atoms with van der Waals surface area (Å²) in [6.07, 6.45) is 1.81. The van der Waals surface area contributed by atoms with Gasteiger partial charge in [0.25, 0.3) is 0 Å². The molecule has 0 aliphatic carbocycles. The van der Waals surface area contributed by atoms with Crippen LogP contribution in [-0.4, -0.2) is 9.97 Å². The van der Waals surface area contributed by atoms with Crippen LogP contribution in [-0.2, 0) is 0 Å². The van der Waals surface area contributed by atoms with E-state index in [2.05, 4.69) is 23.0 Å². The molecule has 0 atom stereocenters. The fourth-order valence-corrected chi connectivity index (χ4v) is 1.24. The molecule has 0 aliphatic heterocycles. The van der Waals surface area contributed by atoms with Crippen molar-refractivity contribution in [2.75, 3.05) is 0 Å². The van der Waals surface area contributed by atoms with E-state index in [0.717, 1.165) is 17.1 Å². The molecule has 112 valence electrons. The van der Waals surface area contributed by atoms with Gasteiger partial charge in [-0.2, -0.15) is 0 Å². The van der Waals surface area contributed by atoms with Gasteiger partial charge in [0, 0.05) is 23.3 Å². The van der Waals surface area contributed by atoms with Crippen LogP contribution in [0.25, 0.3) is 0 Å². The number of pyridine rings is 2. The monoisotopic (exact) mass is 274 g/mol. The topological polar surface area (TPSA) is 25.8 Å². The molecule has 0 fully saturated rings. The first-order valence-corrected chi connectivity index (χ1v) is 7.38. The Hall–Kier alpha value is -1.70. The third-order valence-corrected chi connectivity index (χ3v) is 2.30. The van der Waals surface area contributed by atoms with E-state index < -0.39 is 0 Å². The van der Waals surface area contributed by atoms with Crippen molar-refractivity contribution in [2.45, 2.75) is 55.4 Å². The molecule has 0 aromatic carbocycles. The van der Waals surface area contributed by atoms with E-state index in [1.807, 2.05) is 78.9 Å². The average molecular weight is 274 g/mol. The van der Waals surface area contributed by atoms with Crippen molar-refractivity contribution < 1.29 is 0 Å². The molecule has 0 saturated carbocycles. The standard InChI is InChI=1S/2C7H9N.2C2H6/c1-6-4-3-5-8-7(6)2;1-6-4-3-5-7(2)8-6;2*1-2/h2*3-5H,1-2H3;2*1-2H3. The maximum Gasteiger partial charge on any atom is 0.0401 e. The number of aryl methyl sites for hydroxylation is 4. The molecule has 2 nitrogen and oxygen atoms in total. The second kappa shape index (κ2) is 13.7. The van der Waals surface area contributed by atoms with Gasteiger partial charge in [0.1, 0.15) is 0 Å². The summed E-state index contributed by atoms with van der Waals surface area (Å²) in [5, 5.41) is 0. The van der Waals surface area contributed by atoms with Crippen LogP contribution in [0, 0.1) is 27.7 Å². The van der Waals surface area contributed by atoms with Crippen molar-refractivity contribution in [3.63, 3.8) is 0 Å². The summed E-state index contributed by atoms with van der Waals surface area (Å²) in [5.41, 5.74) is 4.55. The SMILES string of the molecule is CC.CC.Cc1cccc(C)n1.Cc1cccnc1C. The molecule has 0 radical (unpaired) electrons. The molecule has 2 aromatic rings. The molecule has 20 heavy (non-hydrogen) atoms. The molecule has 0 amide bonds. The highest BCUT2D eigenvalue weighted by Gasteiger charge is 1.85. The molecular weight excluding hydrogens is 244 g/mol. The van der Waals surface area contributed by atoms with Crippen LogP contribution in [0.2, 0.25) is 0 Å². The first-order chi connectivity index (χ1) is 9.59. The lowest BCUT2D eigenvalue weighted by molar-refractivity contribution is 1.12. The molecule has 2 heteroatoms. The molecule has 0 spiro atoms. The molecule has 0 bridgehead atoms. The minimum Gasteiger partial charge on any atom is -0.261 e. The Labute approximate surface area is 125 Å². The summed E-state index contributed by atoms with van der Waals surface area (Å²) in [4.78, 5) is 8.25. The fraction of sp³-hybridized carbons (Fsp3) is 0.444. The number of aromatic nitrogens is 2. The summed E-state index contributed by atoms with van der Waals surface area (Å²) in [7, 11) is 0. The van der Waals surface area contributed by atoms with Crippen molar-refractivity contribution in [1.82, 2.24) is 9.97 Å². The van der Waals surface area contributed by atoms with Crippen LogP contribution in [0.5, 0.6) is 0 Å². The molecule has 0 saturated heterocycles. The van der Waals surface area contributed by atoms with E-state index >= 15 is 0 Å². The van der Waals surface area contributed by atoms with Gasteiger partial charge in [0.2, 0.25) is 0 Å². The van der Waals surface area contributed by atoms with Crippen LogP contribution in [0.1, 0.15) is 50.3 Å². The van der Waals surface area contributed by atoms with Crippen molar-refractivity contribution in [1.29, 1.82) is 0 Å². The van der Waals surface area contributed by atoms with Gasteiger partial charge in [-0.15, -0.1) is 0 Å². The van der Waals surface area contributed by atoms with Gasteiger partial charge < -0.3 is 0 Å². The van der Waals surface area contributed by atoms with Crippen molar-refractivity contribution in [3.8, 4) is 0 Å². The molecular formula is C18H30N2. The smallest absolute Gasteiger partial charge is 0.0401 e. The highest BCUT2D eigenvalue weighted by molar-refractivity contribution is 5.15. The quantitative estimate of drug-likeness (QED) is 0.638. The Balaban J connectivity index is 0. The number of nitrogens with zero attached hydrogens (tertiary/aromatic N) is 2. The van der Waals surface area contributed by atoms with Crippen LogP contribution in [0.3, 0.4) is 0 Å². The first kappa shape index (κ1) is 20.6. The number of rotatable bonds is 0. The van der Waals surface area contributed by atoms with E-state index in [1.54, 1.807) is 0 Å². The van der Waals surface area contributed by atoms with Gasteiger partial charge in [0.15, 0.2) is 0 Å². The Bertz CT molecular complexity index is 412. The average Bonchev–Trinajstić information content (AvgIpc) is 2.47. The van der Waals surface area contributed by atoms with Crippen LogP contribution >= 0.6 is 0 Å². The zero-order valence-electron chi connectivity index (χ0n) is 14.4. The van der Waals surface area contributed by atoms with Crippen molar-refractivity contribution in [2.24, 2.45) is 0 Å². The van der Waals surface area contributed by atoms with Gasteiger partial charge in [-0.1, -0.05) is 39.8 Å². The summed E-state index contributed by atoms with van der Waals surface area (Å²) >= 11 is 0. The molecule has 2 heterocycles. The van der Waals surface area contributed by atoms with Gasteiger partial charge in [-0.25, -0.2) is 0 Å². The van der Waals surface area contributed by atoms with E-state index in [0.29, 0.717) is 0 Å².